The van der Waals surface area contributed by atoms with Gasteiger partial charge in [-0.3, -0.25) is 4.79 Å². The van der Waals surface area contributed by atoms with Crippen molar-refractivity contribution in [2.24, 2.45) is 0 Å². The number of hydrogen-bond donors (Lipinski definition) is 1. The topological polar surface area (TPSA) is 68.5 Å². The molecule has 0 bridgehead atoms. The van der Waals surface area contributed by atoms with Gasteiger partial charge >= 0.3 is 5.63 Å². The Morgan fingerprint density at radius 1 is 0.938 bits per heavy atom. The molecule has 6 heteroatoms. The number of rotatable bonds is 8. The summed E-state index contributed by atoms with van der Waals surface area (Å²) in [6.45, 7) is 0.832. The maximum atomic E-state index is 12.3. The average molecular weight is 448 g/mol. The van der Waals surface area contributed by atoms with E-state index >= 15 is 0 Å². The SMILES string of the molecule is O=C(CCc1cc(=O)oc2ccc(OCc3cccc(Cl)c3)cc12)NCc1ccccc1. The Hall–Kier alpha value is -3.57. The van der Waals surface area contributed by atoms with Crippen molar-refractivity contribution >= 4 is 28.5 Å². The third-order valence-electron chi connectivity index (χ3n) is 5.05. The third-order valence-corrected chi connectivity index (χ3v) is 5.28. The Morgan fingerprint density at radius 3 is 2.56 bits per heavy atom. The Morgan fingerprint density at radius 2 is 1.75 bits per heavy atom. The number of amides is 1. The molecule has 5 nitrogen and oxygen atoms in total. The molecule has 1 heterocycles. The molecule has 0 spiro atoms. The summed E-state index contributed by atoms with van der Waals surface area (Å²) in [5.41, 5.74) is 2.76. The fraction of sp³-hybridized carbons (Fsp3) is 0.154. The molecule has 32 heavy (non-hydrogen) atoms. The number of fused-ring (bicyclic) bond motifs is 1. The quantitative estimate of drug-likeness (QED) is 0.373. The van der Waals surface area contributed by atoms with Gasteiger partial charge in [-0.1, -0.05) is 54.1 Å². The third kappa shape index (κ3) is 5.77. The molecule has 0 aliphatic carbocycles. The number of halogens is 1. The fourth-order valence-corrected chi connectivity index (χ4v) is 3.64. The van der Waals surface area contributed by atoms with Gasteiger partial charge in [0.1, 0.15) is 17.9 Å². The summed E-state index contributed by atoms with van der Waals surface area (Å²) in [5.74, 6) is 0.560. The molecule has 0 atom stereocenters. The maximum Gasteiger partial charge on any atom is 0.336 e. The Bertz CT molecular complexity index is 1280. The molecule has 0 saturated carbocycles. The number of carbonyl (C=O) groups excluding carboxylic acids is 1. The van der Waals surface area contributed by atoms with E-state index in [1.165, 1.54) is 6.07 Å². The van der Waals surface area contributed by atoms with Crippen LogP contribution < -0.4 is 15.7 Å². The van der Waals surface area contributed by atoms with Crippen LogP contribution in [0.5, 0.6) is 5.75 Å². The summed E-state index contributed by atoms with van der Waals surface area (Å²) in [4.78, 5) is 24.3. The first-order chi connectivity index (χ1) is 15.6. The smallest absolute Gasteiger partial charge is 0.336 e. The van der Waals surface area contributed by atoms with Crippen molar-refractivity contribution < 1.29 is 13.9 Å². The number of nitrogens with one attached hydrogen (secondary N) is 1. The van der Waals surface area contributed by atoms with Crippen molar-refractivity contribution in [3.05, 3.63) is 111 Å². The van der Waals surface area contributed by atoms with E-state index in [1.807, 2.05) is 60.7 Å². The van der Waals surface area contributed by atoms with Crippen LogP contribution in [-0.4, -0.2) is 5.91 Å². The largest absolute Gasteiger partial charge is 0.489 e. The molecule has 4 rings (SSSR count). The summed E-state index contributed by atoms with van der Waals surface area (Å²) < 4.78 is 11.2. The molecule has 0 fully saturated rings. The number of carbonyl (C=O) groups is 1. The second-order valence-corrected chi connectivity index (χ2v) is 7.87. The Balaban J connectivity index is 1.44. The average Bonchev–Trinajstić information content (AvgIpc) is 2.80. The first-order valence-corrected chi connectivity index (χ1v) is 10.7. The normalized spacial score (nSPS) is 10.8. The molecule has 162 valence electrons. The van der Waals surface area contributed by atoms with E-state index in [-0.39, 0.29) is 12.3 Å². The van der Waals surface area contributed by atoms with Crippen molar-refractivity contribution in [3.63, 3.8) is 0 Å². The van der Waals surface area contributed by atoms with Crippen molar-refractivity contribution in [3.8, 4) is 5.75 Å². The Kier molecular flexibility index (Phi) is 6.87. The van der Waals surface area contributed by atoms with Crippen LogP contribution in [0.15, 0.2) is 88.1 Å². The van der Waals surface area contributed by atoms with Crippen molar-refractivity contribution in [2.45, 2.75) is 26.0 Å². The minimum absolute atomic E-state index is 0.0800. The van der Waals surface area contributed by atoms with Gasteiger partial charge in [-0.2, -0.15) is 0 Å². The first kappa shape index (κ1) is 21.7. The van der Waals surface area contributed by atoms with Gasteiger partial charge in [0, 0.05) is 29.4 Å². The maximum absolute atomic E-state index is 12.3. The van der Waals surface area contributed by atoms with Crippen LogP contribution >= 0.6 is 11.6 Å². The molecule has 0 aliphatic heterocycles. The van der Waals surface area contributed by atoms with E-state index in [2.05, 4.69) is 5.32 Å². The lowest BCUT2D eigenvalue weighted by atomic mass is 10.0. The van der Waals surface area contributed by atoms with Crippen LogP contribution in [0.3, 0.4) is 0 Å². The molecule has 1 amide bonds. The summed E-state index contributed by atoms with van der Waals surface area (Å²) in [7, 11) is 0. The summed E-state index contributed by atoms with van der Waals surface area (Å²) in [6.07, 6.45) is 0.680. The van der Waals surface area contributed by atoms with E-state index in [1.54, 1.807) is 12.1 Å². The number of benzene rings is 3. The van der Waals surface area contributed by atoms with Crippen LogP contribution in [0, 0.1) is 0 Å². The van der Waals surface area contributed by atoms with E-state index < -0.39 is 5.63 Å². The molecule has 1 N–H and O–H groups in total. The van der Waals surface area contributed by atoms with Gasteiger partial charge in [0.25, 0.3) is 0 Å². The highest BCUT2D eigenvalue weighted by Crippen LogP contribution is 2.25. The van der Waals surface area contributed by atoms with Gasteiger partial charge in [0.2, 0.25) is 5.91 Å². The lowest BCUT2D eigenvalue weighted by Crippen LogP contribution is -2.23. The van der Waals surface area contributed by atoms with Crippen LogP contribution in [0.25, 0.3) is 11.0 Å². The first-order valence-electron chi connectivity index (χ1n) is 10.3. The van der Waals surface area contributed by atoms with Gasteiger partial charge in [0.15, 0.2) is 0 Å². The van der Waals surface area contributed by atoms with Crippen molar-refractivity contribution in [1.82, 2.24) is 5.32 Å². The van der Waals surface area contributed by atoms with Crippen LogP contribution in [0.2, 0.25) is 5.02 Å². The molecule has 0 unspecified atom stereocenters. The zero-order valence-electron chi connectivity index (χ0n) is 17.3. The lowest BCUT2D eigenvalue weighted by molar-refractivity contribution is -0.121. The van der Waals surface area contributed by atoms with Crippen LogP contribution in [0.4, 0.5) is 0 Å². The van der Waals surface area contributed by atoms with Crippen molar-refractivity contribution in [2.75, 3.05) is 0 Å². The lowest BCUT2D eigenvalue weighted by Gasteiger charge is -2.10. The predicted octanol–water partition coefficient (Wildman–Crippen LogP) is 5.27. The van der Waals surface area contributed by atoms with Gasteiger partial charge in [-0.05, 0) is 53.4 Å². The highest BCUT2D eigenvalue weighted by Gasteiger charge is 2.10. The highest BCUT2D eigenvalue weighted by molar-refractivity contribution is 6.30. The minimum atomic E-state index is -0.440. The van der Waals surface area contributed by atoms with Crippen LogP contribution in [0.1, 0.15) is 23.1 Å². The monoisotopic (exact) mass is 447 g/mol. The minimum Gasteiger partial charge on any atom is -0.489 e. The number of aryl methyl sites for hydroxylation is 1. The van der Waals surface area contributed by atoms with Crippen molar-refractivity contribution in [1.29, 1.82) is 0 Å². The molecule has 0 aliphatic rings. The molecule has 1 aromatic heterocycles. The second-order valence-electron chi connectivity index (χ2n) is 7.43. The molecule has 4 aromatic rings. The van der Waals surface area contributed by atoms with Gasteiger partial charge in [0.05, 0.1) is 0 Å². The fourth-order valence-electron chi connectivity index (χ4n) is 3.43. The summed E-state index contributed by atoms with van der Waals surface area (Å²) in [5, 5.41) is 4.32. The Labute approximate surface area is 190 Å². The highest BCUT2D eigenvalue weighted by atomic mass is 35.5. The standard InChI is InChI=1S/C26H22ClNO4/c27-21-8-4-7-19(13-21)17-31-22-10-11-24-23(15-22)20(14-26(30)32-24)9-12-25(29)28-16-18-5-2-1-3-6-18/h1-8,10-11,13-15H,9,12,16-17H2,(H,28,29). The predicted molar refractivity (Wildman–Crippen MR) is 125 cm³/mol. The molecular formula is C26H22ClNO4. The van der Waals surface area contributed by atoms with E-state index in [9.17, 15) is 9.59 Å². The van der Waals surface area contributed by atoms with E-state index in [0.29, 0.717) is 35.9 Å². The molecule has 0 saturated heterocycles. The zero-order chi connectivity index (χ0) is 22.3. The number of ether oxygens (including phenoxy) is 1. The zero-order valence-corrected chi connectivity index (χ0v) is 18.1. The van der Waals surface area contributed by atoms with Gasteiger partial charge < -0.3 is 14.5 Å². The molecule has 3 aromatic carbocycles. The van der Waals surface area contributed by atoms with E-state index in [0.717, 1.165) is 22.1 Å². The number of hydrogen-bond acceptors (Lipinski definition) is 4. The second kappa shape index (κ2) is 10.2. The van der Waals surface area contributed by atoms with Gasteiger partial charge in [-0.25, -0.2) is 4.79 Å². The summed E-state index contributed by atoms with van der Waals surface area (Å²) in [6, 6.07) is 23.9. The molecular weight excluding hydrogens is 426 g/mol. The van der Waals surface area contributed by atoms with E-state index in [4.69, 9.17) is 20.8 Å². The summed E-state index contributed by atoms with van der Waals surface area (Å²) >= 11 is 6.03. The molecule has 0 radical (unpaired) electrons. The van der Waals surface area contributed by atoms with Gasteiger partial charge in [-0.15, -0.1) is 0 Å². The van der Waals surface area contributed by atoms with Crippen LogP contribution in [-0.2, 0) is 24.4 Å².